The summed E-state index contributed by atoms with van der Waals surface area (Å²) in [6, 6.07) is 10.4. The van der Waals surface area contributed by atoms with E-state index in [1.54, 1.807) is 0 Å². The van der Waals surface area contributed by atoms with Crippen LogP contribution in [0.1, 0.15) is 16.0 Å². The van der Waals surface area contributed by atoms with Crippen molar-refractivity contribution in [2.75, 3.05) is 38.0 Å². The summed E-state index contributed by atoms with van der Waals surface area (Å²) in [4.78, 5) is 18.3. The lowest BCUT2D eigenvalue weighted by Crippen LogP contribution is -2.50. The summed E-state index contributed by atoms with van der Waals surface area (Å²) in [6.45, 7) is 8.66. The fourth-order valence-electron chi connectivity index (χ4n) is 3.05. The Hall–Kier alpha value is -1.85. The number of benzene rings is 1. The molecule has 0 bridgehead atoms. The first-order chi connectivity index (χ1) is 11.6. The van der Waals surface area contributed by atoms with E-state index in [0.29, 0.717) is 0 Å². The predicted molar refractivity (Wildman–Crippen MR) is 101 cm³/mol. The number of carbonyl (C=O) groups excluding carboxylic acids is 1. The van der Waals surface area contributed by atoms with Gasteiger partial charge in [-0.2, -0.15) is 0 Å². The van der Waals surface area contributed by atoms with E-state index >= 15 is 0 Å². The third-order valence-electron chi connectivity index (χ3n) is 4.54. The van der Waals surface area contributed by atoms with Gasteiger partial charge >= 0.3 is 6.03 Å². The Labute approximate surface area is 148 Å². The molecule has 0 atom stereocenters. The van der Waals surface area contributed by atoms with Crippen molar-refractivity contribution in [3.8, 4) is 0 Å². The molecule has 1 N–H and O–H groups in total. The maximum atomic E-state index is 12.5. The van der Waals surface area contributed by atoms with Crippen LogP contribution in [0.5, 0.6) is 0 Å². The molecule has 4 nitrogen and oxygen atoms in total. The lowest BCUT2D eigenvalue weighted by atomic mass is 10.1. The summed E-state index contributed by atoms with van der Waals surface area (Å²) >= 11 is 1.82. The second kappa shape index (κ2) is 7.81. The molecule has 2 aromatic rings. The van der Waals surface area contributed by atoms with Crippen molar-refractivity contribution in [1.29, 1.82) is 0 Å². The number of piperazine rings is 1. The normalized spacial score (nSPS) is 15.5. The maximum absolute atomic E-state index is 12.5. The zero-order valence-corrected chi connectivity index (χ0v) is 15.2. The fourth-order valence-corrected chi connectivity index (χ4v) is 3.74. The molecule has 1 aromatic heterocycles. The number of urea groups is 1. The van der Waals surface area contributed by atoms with E-state index < -0.39 is 0 Å². The summed E-state index contributed by atoms with van der Waals surface area (Å²) in [5.41, 5.74) is 3.23. The number of rotatable bonds is 4. The minimum absolute atomic E-state index is 0.0138. The van der Waals surface area contributed by atoms with Crippen LogP contribution in [0.15, 0.2) is 35.7 Å². The molecule has 2 heterocycles. The first kappa shape index (κ1) is 17.0. The van der Waals surface area contributed by atoms with Gasteiger partial charge in [-0.15, -0.1) is 11.3 Å². The minimum atomic E-state index is 0.0138. The van der Waals surface area contributed by atoms with Gasteiger partial charge < -0.3 is 10.2 Å². The van der Waals surface area contributed by atoms with Gasteiger partial charge in [-0.1, -0.05) is 23.8 Å². The monoisotopic (exact) mass is 343 g/mol. The highest BCUT2D eigenvalue weighted by atomic mass is 32.1. The first-order valence-corrected chi connectivity index (χ1v) is 9.38. The number of hydrogen-bond donors (Lipinski definition) is 1. The Morgan fingerprint density at radius 3 is 2.62 bits per heavy atom. The highest BCUT2D eigenvalue weighted by molar-refractivity contribution is 7.09. The maximum Gasteiger partial charge on any atom is 0.321 e. The highest BCUT2D eigenvalue weighted by Gasteiger charge is 2.21. The molecule has 1 fully saturated rings. The van der Waals surface area contributed by atoms with Crippen molar-refractivity contribution >= 4 is 23.1 Å². The molecule has 0 aliphatic carbocycles. The Morgan fingerprint density at radius 1 is 1.17 bits per heavy atom. The van der Waals surface area contributed by atoms with Gasteiger partial charge in [0.25, 0.3) is 0 Å². The Morgan fingerprint density at radius 2 is 1.96 bits per heavy atom. The molecule has 0 unspecified atom stereocenters. The predicted octanol–water partition coefficient (Wildman–Crippen LogP) is 3.76. The fraction of sp³-hybridized carbons (Fsp3) is 0.421. The third kappa shape index (κ3) is 4.36. The topological polar surface area (TPSA) is 35.6 Å². The number of nitrogens with zero attached hydrogens (tertiary/aromatic N) is 2. The smallest absolute Gasteiger partial charge is 0.321 e. The number of amides is 2. The molecule has 2 amide bonds. The Kier molecular flexibility index (Phi) is 5.53. The molecule has 1 aromatic carbocycles. The van der Waals surface area contributed by atoms with Gasteiger partial charge in [0.05, 0.1) is 0 Å². The van der Waals surface area contributed by atoms with E-state index in [9.17, 15) is 4.79 Å². The van der Waals surface area contributed by atoms with Crippen molar-refractivity contribution in [3.05, 3.63) is 51.7 Å². The molecule has 24 heavy (non-hydrogen) atoms. The standard InChI is InChI=1S/C19H25N3OS/c1-15-5-6-18(16(2)14-15)20-19(23)22-11-9-21(10-12-22)8-7-17-4-3-13-24-17/h3-6,13-14H,7-12H2,1-2H3,(H,20,23). The molecule has 1 saturated heterocycles. The van der Waals surface area contributed by atoms with Crippen LogP contribution in [-0.4, -0.2) is 48.6 Å². The van der Waals surface area contributed by atoms with Gasteiger partial charge in [-0.25, -0.2) is 4.79 Å². The Balaban J connectivity index is 1.46. The molecule has 3 rings (SSSR count). The Bertz CT molecular complexity index is 676. The average Bonchev–Trinajstić information content (AvgIpc) is 3.09. The molecular weight excluding hydrogens is 318 g/mol. The molecule has 128 valence electrons. The number of thiophene rings is 1. The van der Waals surface area contributed by atoms with Crippen LogP contribution in [-0.2, 0) is 6.42 Å². The lowest BCUT2D eigenvalue weighted by Gasteiger charge is -2.34. The summed E-state index contributed by atoms with van der Waals surface area (Å²) in [5, 5.41) is 5.18. The number of carbonyl (C=O) groups is 1. The van der Waals surface area contributed by atoms with Crippen molar-refractivity contribution in [1.82, 2.24) is 9.80 Å². The lowest BCUT2D eigenvalue weighted by molar-refractivity contribution is 0.148. The second-order valence-corrected chi connectivity index (χ2v) is 7.44. The summed E-state index contributed by atoms with van der Waals surface area (Å²) in [5.74, 6) is 0. The van der Waals surface area contributed by atoms with Crippen LogP contribution < -0.4 is 5.32 Å². The van der Waals surface area contributed by atoms with Gasteiger partial charge in [0.15, 0.2) is 0 Å². The molecule has 0 radical (unpaired) electrons. The molecule has 5 heteroatoms. The zero-order valence-electron chi connectivity index (χ0n) is 14.4. The molecule has 1 aliphatic rings. The molecular formula is C19H25N3OS. The van der Waals surface area contributed by atoms with Gasteiger partial charge in [0.1, 0.15) is 0 Å². The van der Waals surface area contributed by atoms with Crippen LogP contribution in [0.3, 0.4) is 0 Å². The molecule has 1 aliphatic heterocycles. The molecule has 0 saturated carbocycles. The SMILES string of the molecule is Cc1ccc(NC(=O)N2CCN(CCc3cccs3)CC2)c(C)c1. The van der Waals surface area contributed by atoms with E-state index in [1.807, 2.05) is 35.3 Å². The van der Waals surface area contributed by atoms with Crippen LogP contribution in [0.25, 0.3) is 0 Å². The minimum Gasteiger partial charge on any atom is -0.322 e. The van der Waals surface area contributed by atoms with Gasteiger partial charge in [0.2, 0.25) is 0 Å². The van der Waals surface area contributed by atoms with Crippen molar-refractivity contribution in [2.24, 2.45) is 0 Å². The van der Waals surface area contributed by atoms with E-state index in [4.69, 9.17) is 0 Å². The quantitative estimate of drug-likeness (QED) is 0.917. The number of anilines is 1. The highest BCUT2D eigenvalue weighted by Crippen LogP contribution is 2.17. The van der Waals surface area contributed by atoms with E-state index in [-0.39, 0.29) is 6.03 Å². The summed E-state index contributed by atoms with van der Waals surface area (Å²) in [6.07, 6.45) is 1.10. The van der Waals surface area contributed by atoms with Gasteiger partial charge in [-0.05, 0) is 43.3 Å². The number of hydrogen-bond acceptors (Lipinski definition) is 3. The van der Waals surface area contributed by atoms with Gasteiger partial charge in [0, 0.05) is 43.3 Å². The molecule has 0 spiro atoms. The van der Waals surface area contributed by atoms with Crippen LogP contribution in [0.2, 0.25) is 0 Å². The zero-order chi connectivity index (χ0) is 16.9. The van der Waals surface area contributed by atoms with Crippen LogP contribution >= 0.6 is 11.3 Å². The first-order valence-electron chi connectivity index (χ1n) is 8.50. The van der Waals surface area contributed by atoms with E-state index in [1.165, 1.54) is 10.4 Å². The second-order valence-electron chi connectivity index (χ2n) is 6.41. The summed E-state index contributed by atoms with van der Waals surface area (Å²) < 4.78 is 0. The van der Waals surface area contributed by atoms with Crippen molar-refractivity contribution < 1.29 is 4.79 Å². The van der Waals surface area contributed by atoms with Crippen molar-refractivity contribution in [3.63, 3.8) is 0 Å². The largest absolute Gasteiger partial charge is 0.322 e. The average molecular weight is 343 g/mol. The number of nitrogens with one attached hydrogen (secondary N) is 1. The third-order valence-corrected chi connectivity index (χ3v) is 5.47. The number of aryl methyl sites for hydroxylation is 2. The van der Waals surface area contributed by atoms with Crippen LogP contribution in [0, 0.1) is 13.8 Å². The van der Waals surface area contributed by atoms with E-state index in [2.05, 4.69) is 40.7 Å². The van der Waals surface area contributed by atoms with E-state index in [0.717, 1.165) is 50.4 Å². The van der Waals surface area contributed by atoms with Crippen molar-refractivity contribution in [2.45, 2.75) is 20.3 Å². The van der Waals surface area contributed by atoms with Gasteiger partial charge in [-0.3, -0.25) is 4.90 Å². The summed E-state index contributed by atoms with van der Waals surface area (Å²) in [7, 11) is 0. The van der Waals surface area contributed by atoms with Crippen LogP contribution in [0.4, 0.5) is 10.5 Å².